The Morgan fingerprint density at radius 1 is 0.932 bits per heavy atom. The molecule has 1 fully saturated rings. The molecule has 2 amide bonds. The molecule has 0 unspecified atom stereocenters. The van der Waals surface area contributed by atoms with Gasteiger partial charge in [0, 0.05) is 35.9 Å². The highest BCUT2D eigenvalue weighted by atomic mass is 19.1. The SMILES string of the molecule is COc1cc2c(Oc3ccc(NC(=O)C(=O)NCCc4ccccc4F)cc3F)ccnc2cc1OCC1CCN(C)CC1. The topological polar surface area (TPSA) is 102 Å². The fourth-order valence-corrected chi connectivity index (χ4v) is 4.99. The molecule has 9 nitrogen and oxygen atoms in total. The van der Waals surface area contributed by atoms with Gasteiger partial charge in [-0.3, -0.25) is 14.6 Å². The van der Waals surface area contributed by atoms with E-state index in [1.165, 1.54) is 18.2 Å². The number of nitrogens with one attached hydrogen (secondary N) is 2. The summed E-state index contributed by atoms with van der Waals surface area (Å²) in [6, 6.07) is 15.1. The van der Waals surface area contributed by atoms with Crippen LogP contribution in [0.3, 0.4) is 0 Å². The number of carbonyl (C=O) groups is 2. The molecule has 230 valence electrons. The van der Waals surface area contributed by atoms with Crippen molar-refractivity contribution in [1.29, 1.82) is 0 Å². The van der Waals surface area contributed by atoms with E-state index in [-0.39, 0.29) is 30.2 Å². The van der Waals surface area contributed by atoms with Crippen LogP contribution in [0.15, 0.2) is 66.9 Å². The summed E-state index contributed by atoms with van der Waals surface area (Å²) in [7, 11) is 3.67. The lowest BCUT2D eigenvalue weighted by molar-refractivity contribution is -0.136. The van der Waals surface area contributed by atoms with Crippen molar-refractivity contribution in [2.45, 2.75) is 19.3 Å². The molecule has 0 radical (unpaired) electrons. The van der Waals surface area contributed by atoms with Gasteiger partial charge in [-0.05, 0) is 81.2 Å². The molecule has 11 heteroatoms. The van der Waals surface area contributed by atoms with Crippen molar-refractivity contribution < 1.29 is 32.6 Å². The van der Waals surface area contributed by atoms with Gasteiger partial charge in [0.1, 0.15) is 11.6 Å². The number of amides is 2. The molecular formula is C33H34F2N4O5. The van der Waals surface area contributed by atoms with E-state index in [0.29, 0.717) is 46.2 Å². The number of likely N-dealkylation sites (tertiary alicyclic amines) is 1. The summed E-state index contributed by atoms with van der Waals surface area (Å²) in [4.78, 5) is 31.2. The number of methoxy groups -OCH3 is 1. The van der Waals surface area contributed by atoms with E-state index in [9.17, 15) is 14.0 Å². The van der Waals surface area contributed by atoms with Gasteiger partial charge < -0.3 is 29.7 Å². The molecule has 0 atom stereocenters. The molecule has 4 aromatic rings. The third kappa shape index (κ3) is 7.59. The Hall–Kier alpha value is -4.77. The molecule has 1 aliphatic rings. The number of pyridine rings is 1. The largest absolute Gasteiger partial charge is 0.493 e. The van der Waals surface area contributed by atoms with Crippen LogP contribution in [0.4, 0.5) is 14.5 Å². The predicted octanol–water partition coefficient (Wildman–Crippen LogP) is 5.33. The molecule has 1 aliphatic heterocycles. The number of fused-ring (bicyclic) bond motifs is 1. The van der Waals surface area contributed by atoms with Crippen molar-refractivity contribution in [2.24, 2.45) is 5.92 Å². The lowest BCUT2D eigenvalue weighted by atomic mass is 9.98. The quantitative estimate of drug-likeness (QED) is 0.236. The Kier molecular flexibility index (Phi) is 9.86. The minimum Gasteiger partial charge on any atom is -0.493 e. The number of anilines is 1. The van der Waals surface area contributed by atoms with E-state index in [2.05, 4.69) is 27.6 Å². The van der Waals surface area contributed by atoms with Crippen LogP contribution in [0, 0.1) is 17.6 Å². The molecule has 3 aromatic carbocycles. The van der Waals surface area contributed by atoms with Crippen LogP contribution in [0.5, 0.6) is 23.0 Å². The van der Waals surface area contributed by atoms with Crippen molar-refractivity contribution in [3.05, 3.63) is 84.1 Å². The van der Waals surface area contributed by atoms with Gasteiger partial charge >= 0.3 is 11.8 Å². The molecular weight excluding hydrogens is 570 g/mol. The van der Waals surface area contributed by atoms with E-state index in [1.807, 2.05) is 0 Å². The smallest absolute Gasteiger partial charge is 0.313 e. The van der Waals surface area contributed by atoms with Crippen molar-refractivity contribution in [3.8, 4) is 23.0 Å². The second kappa shape index (κ2) is 14.1. The summed E-state index contributed by atoms with van der Waals surface area (Å²) < 4.78 is 46.4. The molecule has 5 rings (SSSR count). The summed E-state index contributed by atoms with van der Waals surface area (Å²) in [5, 5.41) is 5.39. The number of piperidine rings is 1. The second-order valence-corrected chi connectivity index (χ2v) is 10.7. The molecule has 2 heterocycles. The first-order valence-electron chi connectivity index (χ1n) is 14.4. The first-order chi connectivity index (χ1) is 21.3. The summed E-state index contributed by atoms with van der Waals surface area (Å²) in [5.74, 6) is -1.24. The highest BCUT2D eigenvalue weighted by Gasteiger charge is 2.20. The van der Waals surface area contributed by atoms with Crippen molar-refractivity contribution in [3.63, 3.8) is 0 Å². The molecule has 0 bridgehead atoms. The average molecular weight is 605 g/mol. The second-order valence-electron chi connectivity index (χ2n) is 10.7. The minimum absolute atomic E-state index is 0.0605. The van der Waals surface area contributed by atoms with E-state index < -0.39 is 17.6 Å². The molecule has 2 N–H and O–H groups in total. The highest BCUT2D eigenvalue weighted by Crippen LogP contribution is 2.38. The van der Waals surface area contributed by atoms with Crippen LogP contribution in [-0.4, -0.2) is 62.1 Å². The van der Waals surface area contributed by atoms with Gasteiger partial charge in [-0.15, -0.1) is 0 Å². The molecule has 0 aliphatic carbocycles. The van der Waals surface area contributed by atoms with Gasteiger partial charge in [0.2, 0.25) is 0 Å². The van der Waals surface area contributed by atoms with Crippen LogP contribution < -0.4 is 24.8 Å². The molecule has 44 heavy (non-hydrogen) atoms. The number of aromatic nitrogens is 1. The third-order valence-corrected chi connectivity index (χ3v) is 7.55. The fourth-order valence-electron chi connectivity index (χ4n) is 4.99. The summed E-state index contributed by atoms with van der Waals surface area (Å²) in [6.45, 7) is 2.73. The lowest BCUT2D eigenvalue weighted by Gasteiger charge is -2.28. The maximum Gasteiger partial charge on any atom is 0.313 e. The van der Waals surface area contributed by atoms with Gasteiger partial charge in [0.15, 0.2) is 23.1 Å². The zero-order valence-electron chi connectivity index (χ0n) is 24.6. The Morgan fingerprint density at radius 3 is 2.48 bits per heavy atom. The van der Waals surface area contributed by atoms with Crippen LogP contribution in [0.2, 0.25) is 0 Å². The fraction of sp³-hybridized carbons (Fsp3) is 0.303. The first-order valence-corrected chi connectivity index (χ1v) is 14.4. The Bertz CT molecular complexity index is 1640. The Balaban J connectivity index is 1.21. The number of hydrogen-bond donors (Lipinski definition) is 2. The summed E-state index contributed by atoms with van der Waals surface area (Å²) in [5.41, 5.74) is 1.08. The Morgan fingerprint density at radius 2 is 1.73 bits per heavy atom. The maximum absolute atomic E-state index is 15.1. The van der Waals surface area contributed by atoms with Crippen LogP contribution >= 0.6 is 0 Å². The predicted molar refractivity (Wildman–Crippen MR) is 162 cm³/mol. The van der Waals surface area contributed by atoms with Crippen molar-refractivity contribution in [1.82, 2.24) is 15.2 Å². The zero-order chi connectivity index (χ0) is 31.1. The highest BCUT2D eigenvalue weighted by molar-refractivity contribution is 6.39. The number of carbonyl (C=O) groups excluding carboxylic acids is 2. The van der Waals surface area contributed by atoms with Gasteiger partial charge in [-0.1, -0.05) is 18.2 Å². The van der Waals surface area contributed by atoms with E-state index in [0.717, 1.165) is 32.0 Å². The van der Waals surface area contributed by atoms with Gasteiger partial charge in [-0.2, -0.15) is 0 Å². The number of hydrogen-bond acceptors (Lipinski definition) is 7. The van der Waals surface area contributed by atoms with Crippen molar-refractivity contribution >= 4 is 28.4 Å². The number of rotatable bonds is 10. The average Bonchev–Trinajstić information content (AvgIpc) is 3.02. The number of nitrogens with zero attached hydrogens (tertiary/aromatic N) is 2. The van der Waals surface area contributed by atoms with E-state index >= 15 is 4.39 Å². The monoisotopic (exact) mass is 604 g/mol. The molecule has 0 spiro atoms. The number of ether oxygens (including phenoxy) is 3. The Labute approximate surface area is 254 Å². The van der Waals surface area contributed by atoms with Gasteiger partial charge in [0.05, 0.1) is 19.2 Å². The van der Waals surface area contributed by atoms with Gasteiger partial charge in [-0.25, -0.2) is 8.78 Å². The molecule has 1 aromatic heterocycles. The molecule has 0 saturated carbocycles. The zero-order valence-corrected chi connectivity index (χ0v) is 24.6. The number of halogens is 2. The maximum atomic E-state index is 15.1. The lowest BCUT2D eigenvalue weighted by Crippen LogP contribution is -2.36. The third-order valence-electron chi connectivity index (χ3n) is 7.55. The van der Waals surface area contributed by atoms with Crippen LogP contribution in [0.1, 0.15) is 18.4 Å². The molecule has 1 saturated heterocycles. The van der Waals surface area contributed by atoms with Crippen LogP contribution in [-0.2, 0) is 16.0 Å². The van der Waals surface area contributed by atoms with Gasteiger partial charge in [0.25, 0.3) is 0 Å². The summed E-state index contributed by atoms with van der Waals surface area (Å²) in [6.07, 6.45) is 3.92. The normalized spacial score (nSPS) is 13.8. The van der Waals surface area contributed by atoms with E-state index in [1.54, 1.807) is 49.7 Å². The van der Waals surface area contributed by atoms with E-state index in [4.69, 9.17) is 14.2 Å². The number of benzene rings is 3. The standard InChI is InChI=1S/C33H34F2N4O5/c1-39-15-11-21(12-16-39)20-43-31-19-27-24(18-30(31)42-2)28(10-14-36-27)44-29-8-7-23(17-26(29)35)38-33(41)32(40)37-13-9-22-5-3-4-6-25(22)34/h3-8,10,14,17-19,21H,9,11-13,15-16,20H2,1-2H3,(H,37,40)(H,38,41). The van der Waals surface area contributed by atoms with Crippen molar-refractivity contribution in [2.75, 3.05) is 45.7 Å². The summed E-state index contributed by atoms with van der Waals surface area (Å²) >= 11 is 0. The minimum atomic E-state index is -0.979. The first kappa shape index (κ1) is 30.7. The van der Waals surface area contributed by atoms with Crippen LogP contribution in [0.25, 0.3) is 10.9 Å².